The van der Waals surface area contributed by atoms with Gasteiger partial charge in [-0.15, -0.1) is 11.3 Å². The van der Waals surface area contributed by atoms with Gasteiger partial charge < -0.3 is 10.1 Å². The maximum atomic E-state index is 12.6. The normalized spacial score (nSPS) is 12.7. The smallest absolute Gasteiger partial charge is 0.341 e. The molecule has 0 saturated heterocycles. The Hall–Kier alpha value is -2.49. The molecule has 2 aromatic rings. The van der Waals surface area contributed by atoms with Crippen LogP contribution in [0, 0.1) is 10.1 Å². The lowest BCUT2D eigenvalue weighted by Gasteiger charge is -2.17. The summed E-state index contributed by atoms with van der Waals surface area (Å²) >= 11 is 7.56. The highest BCUT2D eigenvalue weighted by molar-refractivity contribution is 7.17. The fourth-order valence-corrected chi connectivity index (χ4v) is 4.94. The minimum absolute atomic E-state index is 0.0316. The Bertz CT molecular complexity index is 991. The summed E-state index contributed by atoms with van der Waals surface area (Å²) in [7, 11) is 1.72. The fourth-order valence-electron chi connectivity index (χ4n) is 3.47. The molecule has 0 aliphatic heterocycles. The van der Waals surface area contributed by atoms with Crippen LogP contribution in [0.25, 0.3) is 0 Å². The van der Waals surface area contributed by atoms with Gasteiger partial charge in [0.05, 0.1) is 23.6 Å². The highest BCUT2D eigenvalue weighted by Gasteiger charge is 2.28. The van der Waals surface area contributed by atoms with Gasteiger partial charge in [-0.2, -0.15) is 0 Å². The lowest BCUT2D eigenvalue weighted by atomic mass is 10.1. The van der Waals surface area contributed by atoms with Crippen LogP contribution in [-0.2, 0) is 28.9 Å². The van der Waals surface area contributed by atoms with Crippen molar-refractivity contribution in [2.75, 3.05) is 25.5 Å². The number of fused-ring (bicyclic) bond motifs is 1. The number of non-ortho nitro benzene ring substituents is 1. The van der Waals surface area contributed by atoms with Gasteiger partial charge in [-0.05, 0) is 50.4 Å². The number of halogens is 1. The van der Waals surface area contributed by atoms with Crippen LogP contribution in [0.15, 0.2) is 18.2 Å². The number of nitro benzene ring substituents is 1. The predicted octanol–water partition coefficient (Wildman–Crippen LogP) is 4.05. The second-order valence-electron chi connectivity index (χ2n) is 7.04. The van der Waals surface area contributed by atoms with Crippen LogP contribution < -0.4 is 5.32 Å². The van der Waals surface area contributed by atoms with Crippen LogP contribution in [0.2, 0.25) is 5.02 Å². The van der Waals surface area contributed by atoms with E-state index >= 15 is 0 Å². The maximum absolute atomic E-state index is 12.6. The summed E-state index contributed by atoms with van der Waals surface area (Å²) in [6, 6.07) is 4.21. The lowest BCUT2D eigenvalue weighted by molar-refractivity contribution is -0.384. The van der Waals surface area contributed by atoms with Gasteiger partial charge >= 0.3 is 5.97 Å². The van der Waals surface area contributed by atoms with Crippen molar-refractivity contribution in [3.05, 3.63) is 54.9 Å². The summed E-state index contributed by atoms with van der Waals surface area (Å²) in [5, 5.41) is 14.7. The molecule has 3 rings (SSSR count). The largest absolute Gasteiger partial charge is 0.462 e. The molecule has 1 amide bonds. The van der Waals surface area contributed by atoms with Gasteiger partial charge in [0.25, 0.3) is 5.69 Å². The minimum Gasteiger partial charge on any atom is -0.462 e. The molecule has 8 nitrogen and oxygen atoms in total. The predicted molar refractivity (Wildman–Crippen MR) is 115 cm³/mol. The Kier molecular flexibility index (Phi) is 7.06. The van der Waals surface area contributed by atoms with E-state index in [4.69, 9.17) is 16.3 Å². The first-order valence-electron chi connectivity index (χ1n) is 9.53. The summed E-state index contributed by atoms with van der Waals surface area (Å²) in [4.78, 5) is 38.3. The van der Waals surface area contributed by atoms with Crippen molar-refractivity contribution in [2.24, 2.45) is 0 Å². The Morgan fingerprint density at radius 1 is 1.37 bits per heavy atom. The molecule has 1 N–H and O–H groups in total. The minimum atomic E-state index is -0.487. The number of hydrogen-bond acceptors (Lipinski definition) is 7. The lowest BCUT2D eigenvalue weighted by Crippen LogP contribution is -2.30. The molecule has 0 fully saturated rings. The van der Waals surface area contributed by atoms with Gasteiger partial charge in [0.2, 0.25) is 5.91 Å². The number of aryl methyl sites for hydroxylation is 1. The molecule has 0 unspecified atom stereocenters. The number of nitro groups is 1. The van der Waals surface area contributed by atoms with Crippen LogP contribution in [0.4, 0.5) is 10.7 Å². The quantitative estimate of drug-likeness (QED) is 0.369. The fraction of sp³-hybridized carbons (Fsp3) is 0.400. The van der Waals surface area contributed by atoms with Crippen molar-refractivity contribution >= 4 is 45.5 Å². The number of nitrogens with one attached hydrogen (secondary N) is 1. The standard InChI is InChI=1S/C20H22ClN3O5S/c1-3-29-20(26)18-14-5-4-6-16(14)30-19(18)22-17(25)11-23(2)10-12-9-13(24(27)28)7-8-15(12)21/h7-9H,3-6,10-11H2,1-2H3,(H,22,25). The molecule has 10 heteroatoms. The molecular formula is C20H22ClN3O5S. The van der Waals surface area contributed by atoms with Crippen LogP contribution in [0.1, 0.15) is 39.7 Å². The van der Waals surface area contributed by atoms with Crippen molar-refractivity contribution in [3.8, 4) is 0 Å². The number of carbonyl (C=O) groups is 2. The number of rotatable bonds is 8. The highest BCUT2D eigenvalue weighted by atomic mass is 35.5. The molecule has 1 aromatic heterocycles. The molecule has 0 atom stereocenters. The van der Waals surface area contributed by atoms with E-state index in [0.29, 0.717) is 21.2 Å². The van der Waals surface area contributed by atoms with Gasteiger partial charge in [-0.3, -0.25) is 19.8 Å². The molecule has 0 spiro atoms. The Morgan fingerprint density at radius 3 is 2.83 bits per heavy atom. The molecule has 1 aromatic carbocycles. The zero-order valence-corrected chi connectivity index (χ0v) is 18.3. The topological polar surface area (TPSA) is 102 Å². The Morgan fingerprint density at radius 2 is 2.13 bits per heavy atom. The van der Waals surface area contributed by atoms with Crippen molar-refractivity contribution in [3.63, 3.8) is 0 Å². The van der Waals surface area contributed by atoms with E-state index in [9.17, 15) is 19.7 Å². The number of likely N-dealkylation sites (N-methyl/N-ethyl adjacent to an activating group) is 1. The molecule has 0 radical (unpaired) electrons. The monoisotopic (exact) mass is 451 g/mol. The SMILES string of the molecule is CCOC(=O)c1c(NC(=O)CN(C)Cc2cc([N+](=O)[O-])ccc2Cl)sc2c1CCC2. The van der Waals surface area contributed by atoms with E-state index in [1.807, 2.05) is 0 Å². The van der Waals surface area contributed by atoms with Crippen molar-refractivity contribution in [1.82, 2.24) is 4.90 Å². The second-order valence-corrected chi connectivity index (χ2v) is 8.55. The molecule has 1 aliphatic rings. The first-order chi connectivity index (χ1) is 14.3. The van der Waals surface area contributed by atoms with Crippen LogP contribution in [-0.4, -0.2) is 41.9 Å². The number of esters is 1. The summed E-state index contributed by atoms with van der Waals surface area (Å²) in [6.07, 6.45) is 2.70. The second kappa shape index (κ2) is 9.55. The number of amides is 1. The van der Waals surface area contributed by atoms with Crippen molar-refractivity contribution in [1.29, 1.82) is 0 Å². The number of anilines is 1. The summed E-state index contributed by atoms with van der Waals surface area (Å²) < 4.78 is 5.17. The van der Waals surface area contributed by atoms with Crippen molar-refractivity contribution < 1.29 is 19.2 Å². The van der Waals surface area contributed by atoms with E-state index in [1.165, 1.54) is 29.5 Å². The molecule has 1 aliphatic carbocycles. The number of benzene rings is 1. The molecule has 0 bridgehead atoms. The van der Waals surface area contributed by atoms with E-state index < -0.39 is 10.9 Å². The van der Waals surface area contributed by atoms with Crippen LogP contribution in [0.5, 0.6) is 0 Å². The number of carbonyl (C=O) groups excluding carboxylic acids is 2. The first-order valence-corrected chi connectivity index (χ1v) is 10.7. The Labute approximate surface area is 182 Å². The van der Waals surface area contributed by atoms with Crippen LogP contribution >= 0.6 is 22.9 Å². The average molecular weight is 452 g/mol. The summed E-state index contributed by atoms with van der Waals surface area (Å²) in [6.45, 7) is 2.31. The zero-order chi connectivity index (χ0) is 21.8. The maximum Gasteiger partial charge on any atom is 0.341 e. The number of thiophene rings is 1. The third-order valence-corrected chi connectivity index (χ3v) is 6.32. The zero-order valence-electron chi connectivity index (χ0n) is 16.7. The van der Waals surface area contributed by atoms with Gasteiger partial charge in [0, 0.05) is 28.6 Å². The summed E-state index contributed by atoms with van der Waals surface area (Å²) in [5.74, 6) is -0.701. The van der Waals surface area contributed by atoms with Gasteiger partial charge in [-0.25, -0.2) is 4.79 Å². The van der Waals surface area contributed by atoms with Gasteiger partial charge in [0.15, 0.2) is 0 Å². The summed E-state index contributed by atoms with van der Waals surface area (Å²) in [5.41, 5.74) is 1.94. The van der Waals surface area contributed by atoms with E-state index in [-0.39, 0.29) is 31.3 Å². The number of hydrogen-bond donors (Lipinski definition) is 1. The average Bonchev–Trinajstić information content (AvgIpc) is 3.23. The molecular weight excluding hydrogens is 430 g/mol. The Balaban J connectivity index is 1.68. The number of nitrogens with zero attached hydrogens (tertiary/aromatic N) is 2. The molecule has 1 heterocycles. The molecule has 0 saturated carbocycles. The third kappa shape index (κ3) is 4.97. The highest BCUT2D eigenvalue weighted by Crippen LogP contribution is 2.39. The van der Waals surface area contributed by atoms with Gasteiger partial charge in [-0.1, -0.05) is 11.6 Å². The van der Waals surface area contributed by atoms with Crippen LogP contribution in [0.3, 0.4) is 0 Å². The first kappa shape index (κ1) is 22.2. The van der Waals surface area contributed by atoms with E-state index in [2.05, 4.69) is 5.32 Å². The van der Waals surface area contributed by atoms with E-state index in [1.54, 1.807) is 18.9 Å². The van der Waals surface area contributed by atoms with Crippen molar-refractivity contribution in [2.45, 2.75) is 32.7 Å². The number of ether oxygens (including phenoxy) is 1. The van der Waals surface area contributed by atoms with Gasteiger partial charge in [0.1, 0.15) is 5.00 Å². The molecule has 30 heavy (non-hydrogen) atoms. The van der Waals surface area contributed by atoms with E-state index in [0.717, 1.165) is 29.7 Å². The third-order valence-electron chi connectivity index (χ3n) is 4.75. The molecule has 160 valence electrons.